The van der Waals surface area contributed by atoms with E-state index in [1.165, 1.54) is 0 Å². The lowest BCUT2D eigenvalue weighted by molar-refractivity contribution is 0.650. The maximum absolute atomic E-state index is 5.71. The summed E-state index contributed by atoms with van der Waals surface area (Å²) in [6.07, 6.45) is 2.69. The van der Waals surface area contributed by atoms with Crippen LogP contribution in [0.15, 0.2) is 18.3 Å². The van der Waals surface area contributed by atoms with Crippen molar-refractivity contribution in [3.63, 3.8) is 0 Å². The van der Waals surface area contributed by atoms with Crippen molar-refractivity contribution in [2.45, 2.75) is 13.3 Å². The quantitative estimate of drug-likeness (QED) is 0.748. The molecule has 0 aliphatic heterocycles. The van der Waals surface area contributed by atoms with Gasteiger partial charge in [0.15, 0.2) is 0 Å². The van der Waals surface area contributed by atoms with E-state index in [2.05, 4.69) is 27.8 Å². The Morgan fingerprint density at radius 3 is 2.83 bits per heavy atom. The molecule has 1 nitrogen and oxygen atoms in total. The standard InChI is InChI=1S/C9H11BrClN/c1-7(5-10)4-9-3-2-8(11)6-12-9/h2-3,6-7H,4-5H2,1H3. The fourth-order valence-electron chi connectivity index (χ4n) is 0.939. The SMILES string of the molecule is CC(CBr)Cc1ccc(Cl)cn1. The number of rotatable bonds is 3. The van der Waals surface area contributed by atoms with Gasteiger partial charge in [-0.15, -0.1) is 0 Å². The number of hydrogen-bond acceptors (Lipinski definition) is 1. The predicted molar refractivity (Wildman–Crippen MR) is 55.9 cm³/mol. The van der Waals surface area contributed by atoms with Gasteiger partial charge in [-0.1, -0.05) is 34.5 Å². The number of hydrogen-bond donors (Lipinski definition) is 0. The first-order valence-corrected chi connectivity index (χ1v) is 5.38. The van der Waals surface area contributed by atoms with Gasteiger partial charge in [-0.3, -0.25) is 4.98 Å². The lowest BCUT2D eigenvalue weighted by Crippen LogP contribution is -2.01. The van der Waals surface area contributed by atoms with Crippen LogP contribution >= 0.6 is 27.5 Å². The van der Waals surface area contributed by atoms with Crippen LogP contribution in [0.5, 0.6) is 0 Å². The molecule has 0 saturated carbocycles. The number of aromatic nitrogens is 1. The summed E-state index contributed by atoms with van der Waals surface area (Å²) < 4.78 is 0. The van der Waals surface area contributed by atoms with E-state index in [1.54, 1.807) is 6.20 Å². The molecule has 12 heavy (non-hydrogen) atoms. The van der Waals surface area contributed by atoms with E-state index in [0.717, 1.165) is 17.4 Å². The third-order valence-electron chi connectivity index (χ3n) is 1.61. The monoisotopic (exact) mass is 247 g/mol. The van der Waals surface area contributed by atoms with Crippen LogP contribution in [0.3, 0.4) is 0 Å². The van der Waals surface area contributed by atoms with E-state index in [4.69, 9.17) is 11.6 Å². The maximum Gasteiger partial charge on any atom is 0.0589 e. The minimum absolute atomic E-state index is 0.624. The molecule has 1 heterocycles. The van der Waals surface area contributed by atoms with E-state index in [1.807, 2.05) is 12.1 Å². The second-order valence-electron chi connectivity index (χ2n) is 2.93. The highest BCUT2D eigenvalue weighted by molar-refractivity contribution is 9.09. The molecule has 1 aromatic heterocycles. The van der Waals surface area contributed by atoms with Crippen LogP contribution in [0.4, 0.5) is 0 Å². The Labute approximate surface area is 86.3 Å². The zero-order chi connectivity index (χ0) is 8.97. The highest BCUT2D eigenvalue weighted by Crippen LogP contribution is 2.11. The minimum Gasteiger partial charge on any atom is -0.260 e. The van der Waals surface area contributed by atoms with Gasteiger partial charge in [-0.05, 0) is 24.5 Å². The van der Waals surface area contributed by atoms with Gasteiger partial charge >= 0.3 is 0 Å². The first kappa shape index (κ1) is 10.0. The Bertz CT molecular complexity index is 235. The zero-order valence-electron chi connectivity index (χ0n) is 6.93. The smallest absolute Gasteiger partial charge is 0.0589 e. The summed E-state index contributed by atoms with van der Waals surface area (Å²) in [6.45, 7) is 2.19. The molecule has 0 aliphatic carbocycles. The maximum atomic E-state index is 5.71. The molecule has 1 atom stereocenters. The van der Waals surface area contributed by atoms with Gasteiger partial charge in [-0.25, -0.2) is 0 Å². The van der Waals surface area contributed by atoms with Crippen molar-refractivity contribution in [2.75, 3.05) is 5.33 Å². The van der Waals surface area contributed by atoms with E-state index < -0.39 is 0 Å². The largest absolute Gasteiger partial charge is 0.260 e. The second kappa shape index (κ2) is 4.83. The van der Waals surface area contributed by atoms with Gasteiger partial charge < -0.3 is 0 Å². The normalized spacial score (nSPS) is 12.9. The van der Waals surface area contributed by atoms with Crippen LogP contribution < -0.4 is 0 Å². The molecule has 0 amide bonds. The number of pyridine rings is 1. The highest BCUT2D eigenvalue weighted by atomic mass is 79.9. The highest BCUT2D eigenvalue weighted by Gasteiger charge is 2.02. The third-order valence-corrected chi connectivity index (χ3v) is 2.94. The Hall–Kier alpha value is -0.0800. The van der Waals surface area contributed by atoms with Crippen LogP contribution in [0.25, 0.3) is 0 Å². The molecular weight excluding hydrogens is 237 g/mol. The van der Waals surface area contributed by atoms with Crippen LogP contribution in [0, 0.1) is 5.92 Å². The van der Waals surface area contributed by atoms with Gasteiger partial charge in [0, 0.05) is 17.2 Å². The van der Waals surface area contributed by atoms with Crippen molar-refractivity contribution in [2.24, 2.45) is 5.92 Å². The second-order valence-corrected chi connectivity index (χ2v) is 4.02. The van der Waals surface area contributed by atoms with E-state index in [-0.39, 0.29) is 0 Å². The van der Waals surface area contributed by atoms with Crippen LogP contribution in [0.2, 0.25) is 5.02 Å². The minimum atomic E-state index is 0.624. The molecule has 0 N–H and O–H groups in total. The van der Waals surface area contributed by atoms with Crippen molar-refractivity contribution < 1.29 is 0 Å². The average Bonchev–Trinajstić information content (AvgIpc) is 2.09. The molecule has 0 radical (unpaired) electrons. The Morgan fingerprint density at radius 2 is 2.33 bits per heavy atom. The third kappa shape index (κ3) is 3.11. The summed E-state index contributed by atoms with van der Waals surface area (Å²) in [5.41, 5.74) is 1.10. The molecule has 0 aromatic carbocycles. The molecular formula is C9H11BrClN. The van der Waals surface area contributed by atoms with Gasteiger partial charge in [-0.2, -0.15) is 0 Å². The average molecular weight is 249 g/mol. The van der Waals surface area contributed by atoms with E-state index in [0.29, 0.717) is 10.9 Å². The molecule has 3 heteroatoms. The summed E-state index contributed by atoms with van der Waals surface area (Å²) in [5.74, 6) is 0.624. The molecule has 1 aromatic rings. The fourth-order valence-corrected chi connectivity index (χ4v) is 1.28. The molecule has 66 valence electrons. The molecule has 1 unspecified atom stereocenters. The summed E-state index contributed by atoms with van der Waals surface area (Å²) in [5, 5.41) is 1.71. The number of nitrogens with zero attached hydrogens (tertiary/aromatic N) is 1. The Balaban J connectivity index is 2.58. The van der Waals surface area contributed by atoms with Gasteiger partial charge in [0.25, 0.3) is 0 Å². The van der Waals surface area contributed by atoms with Crippen LogP contribution in [-0.2, 0) is 6.42 Å². The Kier molecular flexibility index (Phi) is 4.02. The van der Waals surface area contributed by atoms with Crippen molar-refractivity contribution >= 4 is 27.5 Å². The summed E-state index contributed by atoms with van der Waals surface area (Å²) in [7, 11) is 0. The van der Waals surface area contributed by atoms with Crippen molar-refractivity contribution in [3.8, 4) is 0 Å². The van der Waals surface area contributed by atoms with Crippen molar-refractivity contribution in [1.29, 1.82) is 0 Å². The van der Waals surface area contributed by atoms with Crippen LogP contribution in [-0.4, -0.2) is 10.3 Å². The van der Waals surface area contributed by atoms with Crippen molar-refractivity contribution in [3.05, 3.63) is 29.0 Å². The summed E-state index contributed by atoms with van der Waals surface area (Å²) in [6, 6.07) is 3.85. The molecule has 0 fully saturated rings. The molecule has 0 aliphatic rings. The van der Waals surface area contributed by atoms with Crippen LogP contribution in [0.1, 0.15) is 12.6 Å². The lowest BCUT2D eigenvalue weighted by atomic mass is 10.1. The van der Waals surface area contributed by atoms with Gasteiger partial charge in [0.05, 0.1) is 5.02 Å². The van der Waals surface area contributed by atoms with Gasteiger partial charge in [0.1, 0.15) is 0 Å². The van der Waals surface area contributed by atoms with E-state index >= 15 is 0 Å². The summed E-state index contributed by atoms with van der Waals surface area (Å²) in [4.78, 5) is 4.21. The first-order chi connectivity index (χ1) is 5.72. The summed E-state index contributed by atoms with van der Waals surface area (Å²) >= 11 is 9.14. The number of halogens is 2. The zero-order valence-corrected chi connectivity index (χ0v) is 9.27. The Morgan fingerprint density at radius 1 is 1.58 bits per heavy atom. The first-order valence-electron chi connectivity index (χ1n) is 3.88. The topological polar surface area (TPSA) is 12.9 Å². The molecule has 1 rings (SSSR count). The molecule has 0 spiro atoms. The molecule has 0 saturated heterocycles. The number of alkyl halides is 1. The van der Waals surface area contributed by atoms with Gasteiger partial charge in [0.2, 0.25) is 0 Å². The molecule has 0 bridgehead atoms. The van der Waals surface area contributed by atoms with E-state index in [9.17, 15) is 0 Å². The lowest BCUT2D eigenvalue weighted by Gasteiger charge is -2.05. The predicted octanol–water partition coefficient (Wildman–Crippen LogP) is 3.31. The fraction of sp³-hybridized carbons (Fsp3) is 0.444. The van der Waals surface area contributed by atoms with Crippen molar-refractivity contribution in [1.82, 2.24) is 4.98 Å².